The lowest BCUT2D eigenvalue weighted by atomic mass is 9.76. The van der Waals surface area contributed by atoms with Crippen LogP contribution in [0.1, 0.15) is 26.2 Å². The number of rotatable bonds is 2. The van der Waals surface area contributed by atoms with Crippen molar-refractivity contribution >= 4 is 17.8 Å². The smallest absolute Gasteiger partial charge is 0.326 e. The molecule has 0 saturated carbocycles. The number of aliphatic carboxylic acids is 1. The summed E-state index contributed by atoms with van der Waals surface area (Å²) < 4.78 is 12.9. The molecule has 1 N–H and O–H groups in total. The molecular weight excluding hydrogens is 303 g/mol. The maximum absolute atomic E-state index is 12.9. The first kappa shape index (κ1) is 15.6. The summed E-state index contributed by atoms with van der Waals surface area (Å²) >= 11 is 0. The number of carbonyl (C=O) groups is 2. The zero-order valence-electron chi connectivity index (χ0n) is 12.9. The van der Waals surface area contributed by atoms with E-state index in [4.69, 9.17) is 0 Å². The number of likely N-dealkylation sites (tertiary alicyclic amines) is 1. The number of amides is 1. The maximum Gasteiger partial charge on any atom is 0.326 e. The first-order valence-corrected chi connectivity index (χ1v) is 7.63. The molecule has 1 spiro atoms. The summed E-state index contributed by atoms with van der Waals surface area (Å²) in [5.74, 6) is -1.13. The fourth-order valence-electron chi connectivity index (χ4n) is 3.62. The van der Waals surface area contributed by atoms with Crippen molar-refractivity contribution in [2.24, 2.45) is 5.41 Å². The van der Waals surface area contributed by atoms with Crippen LogP contribution >= 0.6 is 0 Å². The first-order valence-electron chi connectivity index (χ1n) is 7.63. The Labute approximate surface area is 133 Å². The largest absolute Gasteiger partial charge is 0.480 e. The minimum atomic E-state index is -0.943. The Morgan fingerprint density at radius 1 is 1.30 bits per heavy atom. The monoisotopic (exact) mass is 322 g/mol. The van der Waals surface area contributed by atoms with Gasteiger partial charge < -0.3 is 14.9 Å². The van der Waals surface area contributed by atoms with Gasteiger partial charge >= 0.3 is 5.97 Å². The molecule has 2 aliphatic rings. The van der Waals surface area contributed by atoms with Crippen molar-refractivity contribution < 1.29 is 19.1 Å². The highest BCUT2D eigenvalue weighted by Crippen LogP contribution is 2.43. The Morgan fingerprint density at radius 3 is 2.39 bits per heavy atom. The van der Waals surface area contributed by atoms with Crippen LogP contribution in [0.4, 0.5) is 10.3 Å². The van der Waals surface area contributed by atoms with Crippen LogP contribution in [0.25, 0.3) is 0 Å². The number of hydrogen-bond donors (Lipinski definition) is 1. The Kier molecular flexibility index (Phi) is 3.91. The van der Waals surface area contributed by atoms with Gasteiger partial charge in [0.05, 0.1) is 12.4 Å². The highest BCUT2D eigenvalue weighted by atomic mass is 19.1. The maximum atomic E-state index is 12.9. The molecule has 3 rings (SSSR count). The highest BCUT2D eigenvalue weighted by molar-refractivity contribution is 5.83. The molecule has 1 unspecified atom stereocenters. The number of halogens is 1. The molecule has 0 radical (unpaired) electrons. The molecule has 1 aromatic heterocycles. The molecule has 2 saturated heterocycles. The van der Waals surface area contributed by atoms with Crippen LogP contribution in [-0.4, -0.2) is 57.5 Å². The second-order valence-electron chi connectivity index (χ2n) is 6.39. The molecule has 0 aromatic carbocycles. The Balaban J connectivity index is 1.69. The summed E-state index contributed by atoms with van der Waals surface area (Å²) in [7, 11) is 0. The summed E-state index contributed by atoms with van der Waals surface area (Å²) in [5.41, 5.74) is -0.161. The van der Waals surface area contributed by atoms with Crippen LogP contribution in [0.15, 0.2) is 12.4 Å². The van der Waals surface area contributed by atoms with Gasteiger partial charge in [0.2, 0.25) is 11.9 Å². The number of carbonyl (C=O) groups excluding carboxylic acids is 1. The zero-order valence-corrected chi connectivity index (χ0v) is 12.9. The molecule has 23 heavy (non-hydrogen) atoms. The Hall–Kier alpha value is -2.25. The summed E-state index contributed by atoms with van der Waals surface area (Å²) in [6.45, 7) is 3.24. The van der Waals surface area contributed by atoms with Gasteiger partial charge in [-0.05, 0) is 24.7 Å². The van der Waals surface area contributed by atoms with E-state index in [1.807, 2.05) is 4.90 Å². The van der Waals surface area contributed by atoms with Crippen LogP contribution in [0, 0.1) is 11.2 Å². The van der Waals surface area contributed by atoms with Gasteiger partial charge in [0, 0.05) is 26.6 Å². The van der Waals surface area contributed by atoms with Gasteiger partial charge in [-0.2, -0.15) is 0 Å². The molecule has 3 heterocycles. The van der Waals surface area contributed by atoms with E-state index in [-0.39, 0.29) is 11.3 Å². The topological polar surface area (TPSA) is 86.6 Å². The summed E-state index contributed by atoms with van der Waals surface area (Å²) in [6.07, 6.45) is 4.29. The van der Waals surface area contributed by atoms with Gasteiger partial charge in [-0.25, -0.2) is 19.2 Å². The van der Waals surface area contributed by atoms with Crippen molar-refractivity contribution in [3.63, 3.8) is 0 Å². The van der Waals surface area contributed by atoms with E-state index in [0.29, 0.717) is 32.0 Å². The van der Waals surface area contributed by atoms with E-state index in [0.717, 1.165) is 25.2 Å². The number of hydrogen-bond acceptors (Lipinski definition) is 5. The van der Waals surface area contributed by atoms with Gasteiger partial charge in [0.15, 0.2) is 5.82 Å². The van der Waals surface area contributed by atoms with Crippen LogP contribution in [-0.2, 0) is 9.59 Å². The zero-order chi connectivity index (χ0) is 16.6. The predicted octanol–water partition coefficient (Wildman–Crippen LogP) is 0.908. The summed E-state index contributed by atoms with van der Waals surface area (Å²) in [6, 6.07) is -0.735. The average molecular weight is 322 g/mol. The van der Waals surface area contributed by atoms with Gasteiger partial charge in [-0.15, -0.1) is 0 Å². The van der Waals surface area contributed by atoms with Gasteiger partial charge in [-0.3, -0.25) is 4.79 Å². The minimum Gasteiger partial charge on any atom is -0.480 e. The standard InChI is InChI=1S/C15H19FN4O3/c1-10(21)20-9-15(6-12(20)13(22)23)2-4-19(5-3-15)14-17-7-11(16)8-18-14/h7-8,12H,2-6,9H2,1H3,(H,22,23). The quantitative estimate of drug-likeness (QED) is 0.871. The van der Waals surface area contributed by atoms with Crippen molar-refractivity contribution in [2.45, 2.75) is 32.2 Å². The van der Waals surface area contributed by atoms with Gasteiger partial charge in [0.1, 0.15) is 6.04 Å². The number of carboxylic acids is 1. The SMILES string of the molecule is CC(=O)N1CC2(CCN(c3ncc(F)cn3)CC2)CC1C(=O)O. The average Bonchev–Trinajstić information content (AvgIpc) is 2.89. The van der Waals surface area contributed by atoms with Crippen molar-refractivity contribution in [1.82, 2.24) is 14.9 Å². The van der Waals surface area contributed by atoms with Crippen LogP contribution in [0.2, 0.25) is 0 Å². The molecule has 7 nitrogen and oxygen atoms in total. The number of aromatic nitrogens is 2. The third kappa shape index (κ3) is 2.97. The second kappa shape index (κ2) is 5.75. The lowest BCUT2D eigenvalue weighted by molar-refractivity contribution is -0.147. The number of anilines is 1. The van der Waals surface area contributed by atoms with E-state index < -0.39 is 17.8 Å². The molecule has 1 atom stereocenters. The number of piperidine rings is 1. The number of nitrogens with zero attached hydrogens (tertiary/aromatic N) is 4. The van der Waals surface area contributed by atoms with Gasteiger partial charge in [0.25, 0.3) is 0 Å². The summed E-state index contributed by atoms with van der Waals surface area (Å²) in [4.78, 5) is 34.5. The highest BCUT2D eigenvalue weighted by Gasteiger charge is 2.49. The Morgan fingerprint density at radius 2 is 1.91 bits per heavy atom. The van der Waals surface area contributed by atoms with Crippen LogP contribution in [0.5, 0.6) is 0 Å². The molecule has 0 bridgehead atoms. The molecule has 1 aromatic rings. The van der Waals surface area contributed by atoms with E-state index in [2.05, 4.69) is 9.97 Å². The number of carboxylic acid groups (broad SMARTS) is 1. The minimum absolute atomic E-state index is 0.161. The predicted molar refractivity (Wildman–Crippen MR) is 79.3 cm³/mol. The van der Waals surface area contributed by atoms with Crippen molar-refractivity contribution in [3.8, 4) is 0 Å². The third-order valence-electron chi connectivity index (χ3n) is 4.91. The van der Waals surface area contributed by atoms with Crippen LogP contribution < -0.4 is 4.90 Å². The van der Waals surface area contributed by atoms with Crippen molar-refractivity contribution in [2.75, 3.05) is 24.5 Å². The molecule has 124 valence electrons. The van der Waals surface area contributed by atoms with Crippen LogP contribution in [0.3, 0.4) is 0 Å². The Bertz CT molecular complexity index is 590. The third-order valence-corrected chi connectivity index (χ3v) is 4.91. The fraction of sp³-hybridized carbons (Fsp3) is 0.600. The first-order chi connectivity index (χ1) is 10.9. The van der Waals surface area contributed by atoms with E-state index >= 15 is 0 Å². The molecular formula is C15H19FN4O3. The van der Waals surface area contributed by atoms with Gasteiger partial charge in [-0.1, -0.05) is 0 Å². The lowest BCUT2D eigenvalue weighted by Gasteiger charge is -2.39. The van der Waals surface area contributed by atoms with Crippen molar-refractivity contribution in [1.29, 1.82) is 0 Å². The second-order valence-corrected chi connectivity index (χ2v) is 6.39. The molecule has 1 amide bonds. The lowest BCUT2D eigenvalue weighted by Crippen LogP contribution is -2.43. The fourth-order valence-corrected chi connectivity index (χ4v) is 3.62. The van der Waals surface area contributed by atoms with Crippen molar-refractivity contribution in [3.05, 3.63) is 18.2 Å². The summed E-state index contributed by atoms with van der Waals surface area (Å²) in [5, 5.41) is 9.34. The molecule has 2 aliphatic heterocycles. The van der Waals surface area contributed by atoms with E-state index in [9.17, 15) is 19.1 Å². The molecule has 0 aliphatic carbocycles. The normalized spacial score (nSPS) is 23.3. The molecule has 8 heteroatoms. The molecule has 2 fully saturated rings. The van der Waals surface area contributed by atoms with E-state index in [1.165, 1.54) is 11.8 Å². The van der Waals surface area contributed by atoms with E-state index in [1.54, 1.807) is 0 Å².